The zero-order valence-electron chi connectivity index (χ0n) is 22.9. The summed E-state index contributed by atoms with van der Waals surface area (Å²) in [6.07, 6.45) is 10.7. The van der Waals surface area contributed by atoms with Gasteiger partial charge in [-0.15, -0.1) is 0 Å². The molecular weight excluding hydrogens is 460 g/mol. The van der Waals surface area contributed by atoms with Crippen LogP contribution in [0.25, 0.3) is 0 Å². The van der Waals surface area contributed by atoms with Crippen LogP contribution in [-0.2, 0) is 28.5 Å². The van der Waals surface area contributed by atoms with Crippen LogP contribution in [0, 0.1) is 11.8 Å². The van der Waals surface area contributed by atoms with E-state index in [1.54, 1.807) is 13.0 Å². The first-order valence-corrected chi connectivity index (χ1v) is 13.2. The van der Waals surface area contributed by atoms with E-state index < -0.39 is 23.9 Å². The topological polar surface area (TPSA) is 94.6 Å². The molecule has 7 nitrogen and oxygen atoms in total. The highest BCUT2D eigenvalue weighted by atomic mass is 16.6. The molecule has 1 N–H and O–H groups in total. The van der Waals surface area contributed by atoms with Crippen LogP contribution in [0.4, 0.5) is 0 Å². The molecule has 0 unspecified atom stereocenters. The van der Waals surface area contributed by atoms with Crippen molar-refractivity contribution < 1.29 is 33.6 Å². The third kappa shape index (κ3) is 7.85. The molecule has 3 heterocycles. The number of hydrogen-bond acceptors (Lipinski definition) is 7. The second-order valence-corrected chi connectivity index (χ2v) is 11.6. The molecule has 0 aromatic rings. The standard InChI is InChI=1S/C29H44O7/c1-18(9-13-26-27(32)29(17-33-29)16-28(6,7)36-26)8-12-25-19(2)14-23(21(4)35-25)15-24(31)11-10-20(3)34-22(5)30/h8-11,13,19-21,23,25-27,32H,12,14-17H2,1-7H3/b11-10-,13-9+,18-8+/t19-,20-,21+,23+,25-,26+,27+,29+/m0/s1. The fourth-order valence-electron chi connectivity index (χ4n) is 5.48. The summed E-state index contributed by atoms with van der Waals surface area (Å²) in [4.78, 5) is 23.4. The Labute approximate surface area is 215 Å². The number of epoxide rings is 1. The quantitative estimate of drug-likeness (QED) is 0.214. The van der Waals surface area contributed by atoms with Crippen LogP contribution in [0.5, 0.6) is 0 Å². The fourth-order valence-corrected chi connectivity index (χ4v) is 5.48. The predicted molar refractivity (Wildman–Crippen MR) is 137 cm³/mol. The number of ether oxygens (including phenoxy) is 4. The average Bonchev–Trinajstić information content (AvgIpc) is 3.54. The summed E-state index contributed by atoms with van der Waals surface area (Å²) in [6, 6.07) is 0. The van der Waals surface area contributed by atoms with Crippen molar-refractivity contribution >= 4 is 11.8 Å². The Morgan fingerprint density at radius 2 is 1.89 bits per heavy atom. The van der Waals surface area contributed by atoms with E-state index in [1.807, 2.05) is 39.8 Å². The number of aliphatic hydroxyl groups excluding tert-OH is 1. The van der Waals surface area contributed by atoms with E-state index in [1.165, 1.54) is 13.0 Å². The van der Waals surface area contributed by atoms with Gasteiger partial charge < -0.3 is 24.1 Å². The number of carbonyl (C=O) groups excluding carboxylic acids is 2. The minimum Gasteiger partial charge on any atom is -0.459 e. The third-order valence-electron chi connectivity index (χ3n) is 7.50. The van der Waals surface area contributed by atoms with Gasteiger partial charge in [-0.2, -0.15) is 0 Å². The molecule has 0 aromatic carbocycles. The van der Waals surface area contributed by atoms with Gasteiger partial charge in [0, 0.05) is 19.8 Å². The normalized spacial score (nSPS) is 37.4. The molecule has 1 spiro atoms. The molecule has 3 rings (SSSR count). The summed E-state index contributed by atoms with van der Waals surface area (Å²) in [5.74, 6) is 0.146. The molecule has 202 valence electrons. The monoisotopic (exact) mass is 504 g/mol. The Bertz CT molecular complexity index is 882. The lowest BCUT2D eigenvalue weighted by Gasteiger charge is -2.41. The number of ketones is 1. The van der Waals surface area contributed by atoms with Crippen LogP contribution in [0.1, 0.15) is 74.1 Å². The van der Waals surface area contributed by atoms with E-state index in [0.29, 0.717) is 25.4 Å². The molecule has 3 aliphatic rings. The van der Waals surface area contributed by atoms with Crippen LogP contribution in [0.15, 0.2) is 36.0 Å². The summed E-state index contributed by atoms with van der Waals surface area (Å²) in [6.45, 7) is 14.0. The lowest BCUT2D eigenvalue weighted by atomic mass is 9.81. The van der Waals surface area contributed by atoms with Crippen LogP contribution in [-0.4, -0.2) is 65.2 Å². The molecule has 3 aliphatic heterocycles. The Morgan fingerprint density at radius 1 is 1.19 bits per heavy atom. The van der Waals surface area contributed by atoms with Gasteiger partial charge in [-0.05, 0) is 71.4 Å². The van der Waals surface area contributed by atoms with Gasteiger partial charge in [-0.3, -0.25) is 9.59 Å². The maximum absolute atomic E-state index is 12.4. The summed E-state index contributed by atoms with van der Waals surface area (Å²) in [7, 11) is 0. The Balaban J connectivity index is 1.49. The number of rotatable bonds is 9. The molecule has 0 aliphatic carbocycles. The molecule has 3 saturated heterocycles. The minimum absolute atomic E-state index is 0.0126. The summed E-state index contributed by atoms with van der Waals surface area (Å²) in [5.41, 5.74) is 0.301. The average molecular weight is 505 g/mol. The van der Waals surface area contributed by atoms with E-state index in [4.69, 9.17) is 18.9 Å². The molecule has 0 aromatic heterocycles. The summed E-state index contributed by atoms with van der Waals surface area (Å²) in [5, 5.41) is 10.7. The van der Waals surface area contributed by atoms with Crippen molar-refractivity contribution in [1.82, 2.24) is 0 Å². The SMILES string of the molecule is CC(=O)O[C@@H](C)/C=C\C(=O)C[C@H]1C[C@H](C)[C@H](C/C=C(C)/C=C/[C@H]2OC(C)(C)C[C@@]3(CO3)[C@@H]2O)O[C@@H]1C. The van der Waals surface area contributed by atoms with Crippen LogP contribution < -0.4 is 0 Å². The highest BCUT2D eigenvalue weighted by Gasteiger charge is 2.60. The first kappa shape index (κ1) is 28.8. The van der Waals surface area contributed by atoms with Crippen molar-refractivity contribution in [3.8, 4) is 0 Å². The van der Waals surface area contributed by atoms with Gasteiger partial charge in [0.2, 0.25) is 0 Å². The maximum Gasteiger partial charge on any atom is 0.303 e. The lowest BCUT2D eigenvalue weighted by molar-refractivity contribution is -0.171. The molecular formula is C29H44O7. The molecule has 36 heavy (non-hydrogen) atoms. The summed E-state index contributed by atoms with van der Waals surface area (Å²) < 4.78 is 23.1. The highest BCUT2D eigenvalue weighted by Crippen LogP contribution is 2.46. The van der Waals surface area contributed by atoms with Gasteiger partial charge in [-0.25, -0.2) is 0 Å². The Kier molecular flexibility index (Phi) is 9.36. The zero-order chi connectivity index (χ0) is 26.7. The molecule has 0 saturated carbocycles. The van der Waals surface area contributed by atoms with Crippen molar-refractivity contribution in [2.24, 2.45) is 11.8 Å². The minimum atomic E-state index is -0.656. The lowest BCUT2D eigenvalue weighted by Crippen LogP contribution is -2.53. The van der Waals surface area contributed by atoms with Crippen LogP contribution in [0.3, 0.4) is 0 Å². The van der Waals surface area contributed by atoms with Gasteiger partial charge in [-0.1, -0.05) is 30.7 Å². The Morgan fingerprint density at radius 3 is 2.53 bits per heavy atom. The van der Waals surface area contributed by atoms with Gasteiger partial charge in [0.25, 0.3) is 0 Å². The first-order chi connectivity index (χ1) is 16.8. The van der Waals surface area contributed by atoms with Crippen molar-refractivity contribution in [1.29, 1.82) is 0 Å². The number of esters is 1. The molecule has 0 amide bonds. The molecule has 3 fully saturated rings. The van der Waals surface area contributed by atoms with Crippen LogP contribution >= 0.6 is 0 Å². The number of aliphatic hydroxyl groups is 1. The summed E-state index contributed by atoms with van der Waals surface area (Å²) >= 11 is 0. The fraction of sp³-hybridized carbons (Fsp3) is 0.724. The smallest absolute Gasteiger partial charge is 0.303 e. The van der Waals surface area contributed by atoms with Crippen molar-refractivity contribution in [2.75, 3.05) is 6.61 Å². The second-order valence-electron chi connectivity index (χ2n) is 11.6. The zero-order valence-corrected chi connectivity index (χ0v) is 22.9. The van der Waals surface area contributed by atoms with Crippen molar-refractivity contribution in [3.63, 3.8) is 0 Å². The molecule has 0 radical (unpaired) electrons. The largest absolute Gasteiger partial charge is 0.459 e. The van der Waals surface area contributed by atoms with Gasteiger partial charge in [0.1, 0.15) is 23.9 Å². The van der Waals surface area contributed by atoms with Gasteiger partial charge in [0.05, 0.1) is 24.4 Å². The second kappa shape index (κ2) is 11.7. The first-order valence-electron chi connectivity index (χ1n) is 13.2. The molecule has 0 bridgehead atoms. The number of hydrogen-bond donors (Lipinski definition) is 1. The van der Waals surface area contributed by atoms with Crippen molar-refractivity contribution in [2.45, 2.75) is 116 Å². The Hall–Kier alpha value is -1.80. The molecule has 8 atom stereocenters. The van der Waals surface area contributed by atoms with Crippen molar-refractivity contribution in [3.05, 3.63) is 36.0 Å². The van der Waals surface area contributed by atoms with E-state index in [0.717, 1.165) is 18.4 Å². The van der Waals surface area contributed by atoms with E-state index in [9.17, 15) is 14.7 Å². The molecule has 7 heteroatoms. The van der Waals surface area contributed by atoms with E-state index in [-0.39, 0.29) is 35.5 Å². The van der Waals surface area contributed by atoms with Crippen LogP contribution in [0.2, 0.25) is 0 Å². The number of allylic oxidation sites excluding steroid dienone is 3. The van der Waals surface area contributed by atoms with Gasteiger partial charge in [0.15, 0.2) is 5.78 Å². The van der Waals surface area contributed by atoms with Gasteiger partial charge >= 0.3 is 5.97 Å². The number of carbonyl (C=O) groups is 2. The van der Waals surface area contributed by atoms with E-state index >= 15 is 0 Å². The highest BCUT2D eigenvalue weighted by molar-refractivity contribution is 5.89. The maximum atomic E-state index is 12.4. The van der Waals surface area contributed by atoms with E-state index in [2.05, 4.69) is 13.0 Å². The third-order valence-corrected chi connectivity index (χ3v) is 7.50. The predicted octanol–water partition coefficient (Wildman–Crippen LogP) is 4.47.